The first-order valence-electron chi connectivity index (χ1n) is 38.2. The molecule has 0 radical (unpaired) electrons. The van der Waals surface area contributed by atoms with E-state index in [0.717, 1.165) is 44.9 Å². The van der Waals surface area contributed by atoms with Gasteiger partial charge >= 0.3 is 0 Å². The van der Waals surface area contributed by atoms with E-state index in [1.807, 2.05) is 6.08 Å². The fourth-order valence-electron chi connectivity index (χ4n) is 12.5. The van der Waals surface area contributed by atoms with Gasteiger partial charge in [-0.1, -0.05) is 371 Å². The van der Waals surface area contributed by atoms with Crippen molar-refractivity contribution in [3.05, 3.63) is 36.5 Å². The van der Waals surface area contributed by atoms with Gasteiger partial charge in [0.2, 0.25) is 5.91 Å². The molecular formula is C77H147NO8. The minimum absolute atomic E-state index is 0.170. The van der Waals surface area contributed by atoms with Gasteiger partial charge in [-0.15, -0.1) is 0 Å². The molecule has 508 valence electrons. The Balaban J connectivity index is 2.07. The van der Waals surface area contributed by atoms with Gasteiger partial charge in [-0.3, -0.25) is 4.79 Å². The molecule has 0 saturated carbocycles. The zero-order valence-corrected chi connectivity index (χ0v) is 57.1. The van der Waals surface area contributed by atoms with Crippen molar-refractivity contribution in [2.75, 3.05) is 13.2 Å². The molecule has 0 aromatic rings. The predicted octanol–water partition coefficient (Wildman–Crippen LogP) is 21.4. The standard InChI is InChI=1S/C77H147NO8/c1-3-5-7-9-11-13-15-17-19-21-23-25-27-29-30-31-32-33-34-35-36-37-38-39-40-41-42-43-45-47-49-51-53-55-57-59-61-63-65-67-73(81)78-70(69-85-77-76(84)75(83)74(82)72(68-79)86-77)71(80)66-64-62-60-58-56-54-52-50-48-46-44-28-26-24-22-20-18-16-14-12-10-8-6-4-2/h32-33,35-36,64,66,70-72,74-77,79-80,82-84H,3-31,34,37-63,65,67-69H2,1-2H3,(H,78,81)/b33-32-,36-35-,66-64+. The first-order valence-corrected chi connectivity index (χ1v) is 38.2. The second-order valence-electron chi connectivity index (χ2n) is 26.8. The van der Waals surface area contributed by atoms with Crippen LogP contribution in [0.4, 0.5) is 0 Å². The number of hydrogen-bond acceptors (Lipinski definition) is 8. The maximum Gasteiger partial charge on any atom is 0.220 e. The summed E-state index contributed by atoms with van der Waals surface area (Å²) in [6.07, 6.45) is 82.8. The van der Waals surface area contributed by atoms with Gasteiger partial charge in [-0.05, 0) is 51.4 Å². The number of carbonyl (C=O) groups excluding carboxylic acids is 1. The average Bonchev–Trinajstić information content (AvgIpc) is 3.55. The third-order valence-electron chi connectivity index (χ3n) is 18.5. The van der Waals surface area contributed by atoms with Gasteiger partial charge in [0.05, 0.1) is 25.4 Å². The molecule has 1 aliphatic heterocycles. The zero-order chi connectivity index (χ0) is 62.1. The highest BCUT2D eigenvalue weighted by atomic mass is 16.7. The van der Waals surface area contributed by atoms with Gasteiger partial charge in [-0.2, -0.15) is 0 Å². The number of hydrogen-bond donors (Lipinski definition) is 6. The molecule has 7 unspecified atom stereocenters. The maximum atomic E-state index is 13.1. The molecule has 9 heteroatoms. The van der Waals surface area contributed by atoms with Crippen LogP contribution < -0.4 is 5.32 Å². The van der Waals surface area contributed by atoms with Crippen molar-refractivity contribution in [1.82, 2.24) is 5.32 Å². The van der Waals surface area contributed by atoms with Crippen LogP contribution in [0.3, 0.4) is 0 Å². The van der Waals surface area contributed by atoms with Crippen LogP contribution in [-0.2, 0) is 14.3 Å². The molecule has 1 heterocycles. The van der Waals surface area contributed by atoms with Crippen molar-refractivity contribution in [2.24, 2.45) is 0 Å². The van der Waals surface area contributed by atoms with E-state index in [0.29, 0.717) is 6.42 Å². The molecule has 0 spiro atoms. The molecule has 86 heavy (non-hydrogen) atoms. The lowest BCUT2D eigenvalue weighted by atomic mass is 9.99. The van der Waals surface area contributed by atoms with Crippen molar-refractivity contribution in [3.8, 4) is 0 Å². The van der Waals surface area contributed by atoms with Crippen LogP contribution in [-0.4, -0.2) is 87.5 Å². The van der Waals surface area contributed by atoms with E-state index in [-0.39, 0.29) is 12.5 Å². The molecule has 0 bridgehead atoms. The van der Waals surface area contributed by atoms with Gasteiger partial charge < -0.3 is 40.3 Å². The highest BCUT2D eigenvalue weighted by Crippen LogP contribution is 2.24. The number of aliphatic hydroxyl groups is 5. The minimum atomic E-state index is -1.57. The van der Waals surface area contributed by atoms with Crippen LogP contribution in [0, 0.1) is 0 Å². The highest BCUT2D eigenvalue weighted by Gasteiger charge is 2.44. The Morgan fingerprint density at radius 2 is 0.686 bits per heavy atom. The second kappa shape index (κ2) is 66.3. The Kier molecular flexibility index (Phi) is 63.6. The summed E-state index contributed by atoms with van der Waals surface area (Å²) in [5.41, 5.74) is 0. The molecule has 6 N–H and O–H groups in total. The Morgan fingerprint density at radius 3 is 1.00 bits per heavy atom. The number of carbonyl (C=O) groups is 1. The normalized spacial score (nSPS) is 18.2. The number of unbranched alkanes of at least 4 members (excludes halogenated alkanes) is 54. The lowest BCUT2D eigenvalue weighted by Crippen LogP contribution is -2.60. The SMILES string of the molecule is CCCCCCCCCCCCCCCCC/C=C\C/C=C\CCCCCCCCCCCCCCCCCCCC(=O)NC(COC1OC(CO)C(O)C(O)C1O)C(O)/C=C/CCCCCCCCCCCCCCCCCCCCCCCC. The molecule has 1 fully saturated rings. The number of aliphatic hydroxyl groups excluding tert-OH is 5. The number of ether oxygens (including phenoxy) is 2. The van der Waals surface area contributed by atoms with Crippen LogP contribution in [0.5, 0.6) is 0 Å². The molecule has 1 aliphatic rings. The first-order chi connectivity index (χ1) is 42.3. The van der Waals surface area contributed by atoms with E-state index in [1.165, 1.54) is 327 Å². The van der Waals surface area contributed by atoms with E-state index >= 15 is 0 Å². The zero-order valence-electron chi connectivity index (χ0n) is 57.1. The van der Waals surface area contributed by atoms with E-state index in [9.17, 15) is 30.3 Å². The molecule has 7 atom stereocenters. The van der Waals surface area contributed by atoms with E-state index in [4.69, 9.17) is 9.47 Å². The topological polar surface area (TPSA) is 149 Å². The molecule has 1 amide bonds. The maximum absolute atomic E-state index is 13.1. The smallest absolute Gasteiger partial charge is 0.220 e. The summed E-state index contributed by atoms with van der Waals surface area (Å²) >= 11 is 0. The number of allylic oxidation sites excluding steroid dienone is 5. The molecule has 0 aliphatic carbocycles. The van der Waals surface area contributed by atoms with E-state index < -0.39 is 49.5 Å². The lowest BCUT2D eigenvalue weighted by Gasteiger charge is -2.40. The van der Waals surface area contributed by atoms with Crippen LogP contribution in [0.1, 0.15) is 393 Å². The summed E-state index contributed by atoms with van der Waals surface area (Å²) in [5, 5.41) is 54.8. The van der Waals surface area contributed by atoms with Crippen molar-refractivity contribution < 1.29 is 39.8 Å². The monoisotopic (exact) mass is 1210 g/mol. The fraction of sp³-hybridized carbons (Fsp3) is 0.909. The second-order valence-corrected chi connectivity index (χ2v) is 26.8. The third kappa shape index (κ3) is 54.2. The highest BCUT2D eigenvalue weighted by molar-refractivity contribution is 5.76. The Labute approximate surface area is 533 Å². The Bertz CT molecular complexity index is 1450. The largest absolute Gasteiger partial charge is 0.394 e. The molecule has 0 aromatic carbocycles. The van der Waals surface area contributed by atoms with Crippen molar-refractivity contribution in [2.45, 2.75) is 436 Å². The van der Waals surface area contributed by atoms with Crippen LogP contribution in [0.2, 0.25) is 0 Å². The predicted molar refractivity (Wildman–Crippen MR) is 369 cm³/mol. The van der Waals surface area contributed by atoms with Crippen molar-refractivity contribution >= 4 is 5.91 Å². The number of rotatable bonds is 68. The van der Waals surface area contributed by atoms with Crippen molar-refractivity contribution in [1.29, 1.82) is 0 Å². The van der Waals surface area contributed by atoms with Crippen molar-refractivity contribution in [3.63, 3.8) is 0 Å². The van der Waals surface area contributed by atoms with Gasteiger partial charge in [-0.25, -0.2) is 0 Å². The Hall–Kier alpha value is -1.59. The molecule has 0 aromatic heterocycles. The van der Waals surface area contributed by atoms with Crippen LogP contribution in [0.25, 0.3) is 0 Å². The molecule has 1 saturated heterocycles. The summed E-state index contributed by atoms with van der Waals surface area (Å²) < 4.78 is 11.3. The summed E-state index contributed by atoms with van der Waals surface area (Å²) in [7, 11) is 0. The summed E-state index contributed by atoms with van der Waals surface area (Å²) in [5.74, 6) is -0.170. The minimum Gasteiger partial charge on any atom is -0.394 e. The van der Waals surface area contributed by atoms with E-state index in [1.54, 1.807) is 6.08 Å². The van der Waals surface area contributed by atoms with Crippen LogP contribution >= 0.6 is 0 Å². The summed E-state index contributed by atoms with van der Waals surface area (Å²) in [6.45, 7) is 3.84. The third-order valence-corrected chi connectivity index (χ3v) is 18.5. The fourth-order valence-corrected chi connectivity index (χ4v) is 12.5. The first kappa shape index (κ1) is 82.4. The number of amides is 1. The van der Waals surface area contributed by atoms with Gasteiger partial charge in [0.25, 0.3) is 0 Å². The molecular weight excluding hydrogens is 1070 g/mol. The quantitative estimate of drug-likeness (QED) is 0.0261. The van der Waals surface area contributed by atoms with Crippen LogP contribution in [0.15, 0.2) is 36.5 Å². The van der Waals surface area contributed by atoms with E-state index in [2.05, 4.69) is 43.5 Å². The van der Waals surface area contributed by atoms with Gasteiger partial charge in [0.1, 0.15) is 24.4 Å². The lowest BCUT2D eigenvalue weighted by molar-refractivity contribution is -0.302. The Morgan fingerprint density at radius 1 is 0.395 bits per heavy atom. The van der Waals surface area contributed by atoms with Gasteiger partial charge in [0.15, 0.2) is 6.29 Å². The summed E-state index contributed by atoms with van der Waals surface area (Å²) in [4.78, 5) is 13.1. The molecule has 9 nitrogen and oxygen atoms in total. The summed E-state index contributed by atoms with van der Waals surface area (Å²) in [6, 6.07) is -0.806. The van der Waals surface area contributed by atoms with Gasteiger partial charge in [0, 0.05) is 6.42 Å². The number of nitrogens with one attached hydrogen (secondary N) is 1. The molecule has 1 rings (SSSR count). The average molecular weight is 1220 g/mol.